The fourth-order valence-corrected chi connectivity index (χ4v) is 0.983. The number of hydrogen-bond donors (Lipinski definition) is 0. The molecule has 0 fully saturated rings. The number of benzene rings is 1. The average molecular weight is 206 g/mol. The molecule has 6 heteroatoms. The summed E-state index contributed by atoms with van der Waals surface area (Å²) in [6.07, 6.45) is 0.444. The highest BCUT2D eigenvalue weighted by Crippen LogP contribution is 2.22. The molecule has 0 aliphatic carbocycles. The van der Waals surface area contributed by atoms with Gasteiger partial charge in [-0.15, -0.1) is 0 Å². The van der Waals surface area contributed by atoms with Crippen molar-refractivity contribution in [3.63, 3.8) is 0 Å². The summed E-state index contributed by atoms with van der Waals surface area (Å²) >= 11 is 0. The van der Waals surface area contributed by atoms with Crippen LogP contribution in [0.4, 0.5) is 5.69 Å². The zero-order chi connectivity index (χ0) is 11.3. The number of carbonyl (C=O) groups excluding carboxylic acids is 1. The zero-order valence-corrected chi connectivity index (χ0v) is 7.54. The first-order chi connectivity index (χ1) is 7.19. The van der Waals surface area contributed by atoms with Crippen LogP contribution in [-0.2, 0) is 0 Å². The molecule has 1 aromatic rings. The minimum atomic E-state index is -0.610. The minimum absolute atomic E-state index is 0.0550. The lowest BCUT2D eigenvalue weighted by atomic mass is 10.2. The Kier molecular flexibility index (Phi) is 3.35. The van der Waals surface area contributed by atoms with Crippen LogP contribution in [0.15, 0.2) is 18.2 Å². The Morgan fingerprint density at radius 2 is 2.33 bits per heavy atom. The van der Waals surface area contributed by atoms with Gasteiger partial charge in [0, 0.05) is 12.1 Å². The highest BCUT2D eigenvalue weighted by Gasteiger charge is 2.10. The van der Waals surface area contributed by atoms with E-state index in [2.05, 4.69) is 0 Å². The SMILES string of the molecule is N#CCOc1ccc([N+](=O)[O-])cc1C=O. The van der Waals surface area contributed by atoms with E-state index in [4.69, 9.17) is 10.00 Å². The molecule has 0 amide bonds. The van der Waals surface area contributed by atoms with E-state index in [1.54, 1.807) is 6.07 Å². The van der Waals surface area contributed by atoms with Crippen LogP contribution in [-0.4, -0.2) is 17.8 Å². The summed E-state index contributed by atoms with van der Waals surface area (Å²) in [6.45, 7) is -0.210. The first kappa shape index (κ1) is 10.7. The molecule has 0 aromatic heterocycles. The summed E-state index contributed by atoms with van der Waals surface area (Å²) in [5.74, 6) is 0.164. The number of nitrogens with zero attached hydrogens (tertiary/aromatic N) is 2. The Hall–Kier alpha value is -2.42. The lowest BCUT2D eigenvalue weighted by molar-refractivity contribution is -0.384. The molecule has 0 atom stereocenters. The van der Waals surface area contributed by atoms with E-state index in [9.17, 15) is 14.9 Å². The molecule has 0 bridgehead atoms. The van der Waals surface area contributed by atoms with Crippen molar-refractivity contribution in [2.45, 2.75) is 0 Å². The van der Waals surface area contributed by atoms with Gasteiger partial charge in [-0.25, -0.2) is 0 Å². The van der Waals surface area contributed by atoms with Crippen LogP contribution in [0.2, 0.25) is 0 Å². The minimum Gasteiger partial charge on any atom is -0.478 e. The smallest absolute Gasteiger partial charge is 0.270 e. The molecule has 0 radical (unpaired) electrons. The van der Waals surface area contributed by atoms with Crippen LogP contribution in [0.5, 0.6) is 5.75 Å². The molecular weight excluding hydrogens is 200 g/mol. The van der Waals surface area contributed by atoms with Crippen LogP contribution < -0.4 is 4.74 Å². The van der Waals surface area contributed by atoms with Crippen molar-refractivity contribution in [3.8, 4) is 11.8 Å². The number of aldehydes is 1. The molecule has 15 heavy (non-hydrogen) atoms. The van der Waals surface area contributed by atoms with Gasteiger partial charge in [-0.3, -0.25) is 14.9 Å². The average Bonchev–Trinajstić information content (AvgIpc) is 2.25. The quantitative estimate of drug-likeness (QED) is 0.420. The van der Waals surface area contributed by atoms with Gasteiger partial charge in [0.15, 0.2) is 12.9 Å². The molecule has 6 nitrogen and oxygen atoms in total. The van der Waals surface area contributed by atoms with Crippen molar-refractivity contribution in [1.82, 2.24) is 0 Å². The summed E-state index contributed by atoms with van der Waals surface area (Å²) in [5.41, 5.74) is -0.138. The normalized spacial score (nSPS) is 9.00. The molecule has 0 heterocycles. The number of non-ortho nitro benzene ring substituents is 1. The molecule has 0 aliphatic heterocycles. The van der Waals surface area contributed by atoms with Crippen LogP contribution in [0.1, 0.15) is 10.4 Å². The zero-order valence-electron chi connectivity index (χ0n) is 7.54. The third kappa shape index (κ3) is 2.51. The van der Waals surface area contributed by atoms with Crippen molar-refractivity contribution in [3.05, 3.63) is 33.9 Å². The number of nitriles is 1. The number of rotatable bonds is 4. The molecule has 0 aliphatic rings. The third-order valence-electron chi connectivity index (χ3n) is 1.62. The van der Waals surface area contributed by atoms with Gasteiger partial charge >= 0.3 is 0 Å². The van der Waals surface area contributed by atoms with E-state index in [0.717, 1.165) is 6.07 Å². The maximum atomic E-state index is 10.6. The Balaban J connectivity index is 3.04. The Morgan fingerprint density at radius 3 is 2.87 bits per heavy atom. The molecule has 1 aromatic carbocycles. The van der Waals surface area contributed by atoms with E-state index < -0.39 is 4.92 Å². The highest BCUT2D eigenvalue weighted by atomic mass is 16.6. The monoisotopic (exact) mass is 206 g/mol. The van der Waals surface area contributed by atoms with E-state index in [1.165, 1.54) is 12.1 Å². The van der Waals surface area contributed by atoms with Gasteiger partial charge in [0.2, 0.25) is 0 Å². The summed E-state index contributed by atoms with van der Waals surface area (Å²) in [6, 6.07) is 5.33. The van der Waals surface area contributed by atoms with E-state index in [-0.39, 0.29) is 23.6 Å². The van der Waals surface area contributed by atoms with Crippen LogP contribution in [0.3, 0.4) is 0 Å². The van der Waals surface area contributed by atoms with Gasteiger partial charge in [0.05, 0.1) is 10.5 Å². The highest BCUT2D eigenvalue weighted by molar-refractivity contribution is 5.80. The summed E-state index contributed by atoms with van der Waals surface area (Å²) in [4.78, 5) is 20.4. The number of nitro groups is 1. The fraction of sp³-hybridized carbons (Fsp3) is 0.111. The molecule has 76 valence electrons. The molecule has 0 saturated carbocycles. The predicted molar refractivity (Wildman–Crippen MR) is 49.6 cm³/mol. The number of carbonyl (C=O) groups is 1. The van der Waals surface area contributed by atoms with Gasteiger partial charge < -0.3 is 4.74 Å². The topological polar surface area (TPSA) is 93.2 Å². The summed E-state index contributed by atoms with van der Waals surface area (Å²) < 4.78 is 4.90. The molecular formula is C9H6N2O4. The maximum Gasteiger partial charge on any atom is 0.270 e. The van der Waals surface area contributed by atoms with Crippen LogP contribution >= 0.6 is 0 Å². The van der Waals surface area contributed by atoms with Crippen molar-refractivity contribution in [2.75, 3.05) is 6.61 Å². The van der Waals surface area contributed by atoms with E-state index >= 15 is 0 Å². The maximum absolute atomic E-state index is 10.6. The van der Waals surface area contributed by atoms with Gasteiger partial charge in [0.25, 0.3) is 5.69 Å². The number of hydrogen-bond acceptors (Lipinski definition) is 5. The predicted octanol–water partition coefficient (Wildman–Crippen LogP) is 1.31. The van der Waals surface area contributed by atoms with Crippen molar-refractivity contribution in [1.29, 1.82) is 5.26 Å². The van der Waals surface area contributed by atoms with Gasteiger partial charge in [-0.2, -0.15) is 5.26 Å². The molecule has 0 unspecified atom stereocenters. The molecule has 0 spiro atoms. The lowest BCUT2D eigenvalue weighted by Gasteiger charge is -2.03. The Labute approximate surface area is 84.8 Å². The number of ether oxygens (including phenoxy) is 1. The second-order valence-electron chi connectivity index (χ2n) is 2.54. The van der Waals surface area contributed by atoms with Gasteiger partial charge in [-0.05, 0) is 6.07 Å². The Morgan fingerprint density at radius 1 is 1.60 bits per heavy atom. The molecule has 1 rings (SSSR count). The van der Waals surface area contributed by atoms with Crippen molar-refractivity contribution in [2.24, 2.45) is 0 Å². The fourth-order valence-electron chi connectivity index (χ4n) is 0.983. The second-order valence-corrected chi connectivity index (χ2v) is 2.54. The standard InChI is InChI=1S/C9H6N2O4/c10-3-4-15-9-2-1-8(11(13)14)5-7(9)6-12/h1-2,5-6H,4H2. The van der Waals surface area contributed by atoms with Gasteiger partial charge in [0.1, 0.15) is 11.8 Å². The third-order valence-corrected chi connectivity index (χ3v) is 1.62. The Bertz CT molecular complexity index is 436. The summed E-state index contributed by atoms with van der Waals surface area (Å²) in [7, 11) is 0. The number of nitro benzene ring substituents is 1. The summed E-state index contributed by atoms with van der Waals surface area (Å²) in [5, 5.41) is 18.7. The molecule has 0 N–H and O–H groups in total. The van der Waals surface area contributed by atoms with Crippen LogP contribution in [0, 0.1) is 21.4 Å². The molecule has 0 saturated heterocycles. The first-order valence-corrected chi connectivity index (χ1v) is 3.92. The lowest BCUT2D eigenvalue weighted by Crippen LogP contribution is -1.98. The van der Waals surface area contributed by atoms with E-state index in [0.29, 0.717) is 6.29 Å². The first-order valence-electron chi connectivity index (χ1n) is 3.92. The van der Waals surface area contributed by atoms with Crippen LogP contribution in [0.25, 0.3) is 0 Å². The second kappa shape index (κ2) is 4.72. The van der Waals surface area contributed by atoms with Crippen molar-refractivity contribution < 1.29 is 14.5 Å². The van der Waals surface area contributed by atoms with Gasteiger partial charge in [-0.1, -0.05) is 0 Å². The largest absolute Gasteiger partial charge is 0.478 e. The van der Waals surface area contributed by atoms with Crippen molar-refractivity contribution >= 4 is 12.0 Å². The van der Waals surface area contributed by atoms with E-state index in [1.807, 2.05) is 0 Å².